The number of hydrogen-bond donors (Lipinski definition) is 2. The van der Waals surface area contributed by atoms with Gasteiger partial charge < -0.3 is 10.4 Å². The van der Waals surface area contributed by atoms with Crippen molar-refractivity contribution < 1.29 is 9.90 Å². The molecule has 1 heterocycles. The van der Waals surface area contributed by atoms with Crippen molar-refractivity contribution in [2.45, 2.75) is 32.8 Å². The average molecular weight is 241 g/mol. The zero-order valence-electron chi connectivity index (χ0n) is 9.77. The normalized spacial score (nSPS) is 12.8. The third-order valence-corrected chi connectivity index (χ3v) is 3.07. The van der Waals surface area contributed by atoms with Gasteiger partial charge in [0.1, 0.15) is 0 Å². The van der Waals surface area contributed by atoms with Crippen molar-refractivity contribution in [3.63, 3.8) is 0 Å². The van der Waals surface area contributed by atoms with Gasteiger partial charge in [-0.2, -0.15) is 0 Å². The smallest absolute Gasteiger partial charge is 0.225 e. The highest BCUT2D eigenvalue weighted by Gasteiger charge is 2.09. The molecular formula is C12H19NO2S. The summed E-state index contributed by atoms with van der Waals surface area (Å²) < 4.78 is 0. The summed E-state index contributed by atoms with van der Waals surface area (Å²) in [4.78, 5) is 12.5. The van der Waals surface area contributed by atoms with Crippen molar-refractivity contribution in [2.75, 3.05) is 6.54 Å². The number of carbonyl (C=O) groups is 1. The summed E-state index contributed by atoms with van der Waals surface area (Å²) in [6.45, 7) is 4.45. The molecule has 4 heteroatoms. The van der Waals surface area contributed by atoms with E-state index in [1.165, 1.54) is 0 Å². The molecule has 90 valence electrons. The number of rotatable bonds is 6. The van der Waals surface area contributed by atoms with Gasteiger partial charge in [-0.25, -0.2) is 0 Å². The van der Waals surface area contributed by atoms with Crippen LogP contribution in [0.5, 0.6) is 0 Å². The van der Waals surface area contributed by atoms with Crippen molar-refractivity contribution in [3.05, 3.63) is 22.4 Å². The lowest BCUT2D eigenvalue weighted by atomic mass is 10.1. The second kappa shape index (κ2) is 6.66. The fourth-order valence-electron chi connectivity index (χ4n) is 1.49. The Labute approximate surface area is 100 Å². The molecule has 1 aromatic heterocycles. The predicted molar refractivity (Wildman–Crippen MR) is 66.5 cm³/mol. The molecule has 0 aliphatic carbocycles. The number of amides is 1. The molecule has 0 aromatic carbocycles. The Morgan fingerprint density at radius 3 is 2.88 bits per heavy atom. The van der Waals surface area contributed by atoms with Gasteiger partial charge in [0.25, 0.3) is 0 Å². The van der Waals surface area contributed by atoms with E-state index in [9.17, 15) is 9.90 Å². The molecule has 0 aliphatic heterocycles. The number of nitrogens with one attached hydrogen (secondary N) is 1. The van der Waals surface area contributed by atoms with E-state index in [1.807, 2.05) is 17.5 Å². The number of aliphatic hydroxyl groups excluding tert-OH is 1. The van der Waals surface area contributed by atoms with Gasteiger partial charge in [0.2, 0.25) is 5.91 Å². The monoisotopic (exact) mass is 241 g/mol. The standard InChI is InChI=1S/C12H19NO2S/c1-9(2)6-10(14)8-13-12(15)7-11-4-3-5-16-11/h3-5,9-10,14H,6-8H2,1-2H3,(H,13,15). The molecule has 0 aliphatic rings. The molecule has 1 aromatic rings. The van der Waals surface area contributed by atoms with Gasteiger partial charge >= 0.3 is 0 Å². The molecule has 0 saturated heterocycles. The van der Waals surface area contributed by atoms with Crippen LogP contribution in [0, 0.1) is 5.92 Å². The third-order valence-electron chi connectivity index (χ3n) is 2.19. The minimum atomic E-state index is -0.438. The van der Waals surface area contributed by atoms with E-state index in [0.717, 1.165) is 11.3 Å². The number of carbonyl (C=O) groups excluding carboxylic acids is 1. The maximum atomic E-state index is 11.5. The van der Waals surface area contributed by atoms with Gasteiger partial charge in [0.15, 0.2) is 0 Å². The van der Waals surface area contributed by atoms with Crippen LogP contribution in [-0.2, 0) is 11.2 Å². The molecule has 1 unspecified atom stereocenters. The van der Waals surface area contributed by atoms with E-state index in [1.54, 1.807) is 11.3 Å². The highest BCUT2D eigenvalue weighted by molar-refractivity contribution is 7.10. The molecule has 16 heavy (non-hydrogen) atoms. The summed E-state index contributed by atoms with van der Waals surface area (Å²) in [5.41, 5.74) is 0. The molecule has 1 atom stereocenters. The molecule has 0 bridgehead atoms. The Morgan fingerprint density at radius 2 is 2.31 bits per heavy atom. The van der Waals surface area contributed by atoms with Crippen molar-refractivity contribution in [3.8, 4) is 0 Å². The first-order chi connectivity index (χ1) is 7.58. The van der Waals surface area contributed by atoms with E-state index < -0.39 is 6.10 Å². The minimum Gasteiger partial charge on any atom is -0.391 e. The van der Waals surface area contributed by atoms with Gasteiger partial charge in [0, 0.05) is 11.4 Å². The lowest BCUT2D eigenvalue weighted by Gasteiger charge is -2.13. The molecule has 2 N–H and O–H groups in total. The van der Waals surface area contributed by atoms with Crippen LogP contribution in [0.15, 0.2) is 17.5 Å². The first-order valence-electron chi connectivity index (χ1n) is 5.55. The van der Waals surface area contributed by atoms with Crippen LogP contribution in [0.25, 0.3) is 0 Å². The zero-order valence-corrected chi connectivity index (χ0v) is 10.6. The fraction of sp³-hybridized carbons (Fsp3) is 0.583. The van der Waals surface area contributed by atoms with Gasteiger partial charge in [-0.05, 0) is 23.8 Å². The Balaban J connectivity index is 2.20. The van der Waals surface area contributed by atoms with Gasteiger partial charge in [-0.15, -0.1) is 11.3 Å². The minimum absolute atomic E-state index is 0.0229. The largest absolute Gasteiger partial charge is 0.391 e. The highest BCUT2D eigenvalue weighted by Crippen LogP contribution is 2.09. The molecular weight excluding hydrogens is 222 g/mol. The SMILES string of the molecule is CC(C)CC(O)CNC(=O)Cc1cccs1. The first kappa shape index (κ1) is 13.2. The van der Waals surface area contributed by atoms with Gasteiger partial charge in [-0.1, -0.05) is 19.9 Å². The van der Waals surface area contributed by atoms with Crippen LogP contribution in [-0.4, -0.2) is 23.7 Å². The van der Waals surface area contributed by atoms with E-state index >= 15 is 0 Å². The summed E-state index contributed by atoms with van der Waals surface area (Å²) in [6.07, 6.45) is 0.693. The van der Waals surface area contributed by atoms with E-state index in [0.29, 0.717) is 18.9 Å². The number of aliphatic hydroxyl groups is 1. The zero-order chi connectivity index (χ0) is 12.0. The third kappa shape index (κ3) is 5.28. The van der Waals surface area contributed by atoms with Crippen LogP contribution in [0.4, 0.5) is 0 Å². The quantitative estimate of drug-likeness (QED) is 0.798. The second-order valence-corrected chi connectivity index (χ2v) is 5.38. The van der Waals surface area contributed by atoms with Crippen molar-refractivity contribution in [1.82, 2.24) is 5.32 Å². The summed E-state index contributed by atoms with van der Waals surface area (Å²) in [5, 5.41) is 14.3. The van der Waals surface area contributed by atoms with E-state index in [2.05, 4.69) is 19.2 Å². The molecule has 1 amide bonds. The molecule has 3 nitrogen and oxygen atoms in total. The summed E-state index contributed by atoms with van der Waals surface area (Å²) in [7, 11) is 0. The first-order valence-corrected chi connectivity index (χ1v) is 6.43. The average Bonchev–Trinajstić information content (AvgIpc) is 2.66. The lowest BCUT2D eigenvalue weighted by Crippen LogP contribution is -2.33. The maximum Gasteiger partial charge on any atom is 0.225 e. The molecule has 0 saturated carbocycles. The molecule has 1 rings (SSSR count). The maximum absolute atomic E-state index is 11.5. The van der Waals surface area contributed by atoms with Gasteiger partial charge in [0.05, 0.1) is 12.5 Å². The topological polar surface area (TPSA) is 49.3 Å². The highest BCUT2D eigenvalue weighted by atomic mass is 32.1. The van der Waals surface area contributed by atoms with Gasteiger partial charge in [-0.3, -0.25) is 4.79 Å². The van der Waals surface area contributed by atoms with E-state index in [-0.39, 0.29) is 5.91 Å². The summed E-state index contributed by atoms with van der Waals surface area (Å²) >= 11 is 1.57. The number of hydrogen-bond acceptors (Lipinski definition) is 3. The Kier molecular flexibility index (Phi) is 5.49. The fourth-order valence-corrected chi connectivity index (χ4v) is 2.20. The van der Waals surface area contributed by atoms with Crippen LogP contribution in [0.3, 0.4) is 0 Å². The second-order valence-electron chi connectivity index (χ2n) is 4.34. The molecule has 0 fully saturated rings. The lowest BCUT2D eigenvalue weighted by molar-refractivity contribution is -0.120. The van der Waals surface area contributed by atoms with Crippen LogP contribution in [0.1, 0.15) is 25.1 Å². The van der Waals surface area contributed by atoms with Crippen molar-refractivity contribution in [2.24, 2.45) is 5.92 Å². The molecule has 0 radical (unpaired) electrons. The van der Waals surface area contributed by atoms with Crippen LogP contribution in [0.2, 0.25) is 0 Å². The Bertz CT molecular complexity index is 309. The van der Waals surface area contributed by atoms with Crippen molar-refractivity contribution in [1.29, 1.82) is 0 Å². The van der Waals surface area contributed by atoms with Crippen molar-refractivity contribution >= 4 is 17.2 Å². The van der Waals surface area contributed by atoms with Crippen LogP contribution >= 0.6 is 11.3 Å². The summed E-state index contributed by atoms with van der Waals surface area (Å²) in [6, 6.07) is 3.87. The Morgan fingerprint density at radius 1 is 1.56 bits per heavy atom. The molecule has 0 spiro atoms. The van der Waals surface area contributed by atoms with Crippen LogP contribution < -0.4 is 5.32 Å². The number of thiophene rings is 1. The predicted octanol–water partition coefficient (Wildman–Crippen LogP) is 1.81. The van der Waals surface area contributed by atoms with E-state index in [4.69, 9.17) is 0 Å². The summed E-state index contributed by atoms with van der Waals surface area (Å²) in [5.74, 6) is 0.425. The Hall–Kier alpha value is -0.870.